The molecule has 1 unspecified atom stereocenters. The smallest absolute Gasteiger partial charge is 0.326 e. The van der Waals surface area contributed by atoms with Gasteiger partial charge < -0.3 is 15.7 Å². The zero-order valence-electron chi connectivity index (χ0n) is 16.2. The fraction of sp³-hybridized carbons (Fsp3) is 0.100. The Kier molecular flexibility index (Phi) is 7.91. The van der Waals surface area contributed by atoms with Crippen molar-refractivity contribution in [3.63, 3.8) is 0 Å². The van der Waals surface area contributed by atoms with Gasteiger partial charge in [0.05, 0.1) is 21.3 Å². The van der Waals surface area contributed by atoms with E-state index in [1.54, 1.807) is 12.1 Å². The topological polar surface area (TPSA) is 104 Å². The van der Waals surface area contributed by atoms with E-state index in [1.807, 2.05) is 0 Å². The van der Waals surface area contributed by atoms with E-state index in [4.69, 9.17) is 46.4 Å². The lowest BCUT2D eigenvalue weighted by Crippen LogP contribution is -2.32. The van der Waals surface area contributed by atoms with Crippen molar-refractivity contribution < 1.29 is 23.5 Å². The van der Waals surface area contributed by atoms with E-state index in [1.165, 1.54) is 24.5 Å². The minimum Gasteiger partial charge on any atom is -0.480 e. The summed E-state index contributed by atoms with van der Waals surface area (Å²) in [6.07, 6.45) is 2.46. The van der Waals surface area contributed by atoms with Gasteiger partial charge in [0.15, 0.2) is 0 Å². The van der Waals surface area contributed by atoms with E-state index in [2.05, 4.69) is 20.6 Å². The van der Waals surface area contributed by atoms with E-state index in [9.17, 15) is 23.5 Å². The number of benzene rings is 1. The molecule has 0 bridgehead atoms. The number of hydrogen-bond donors (Lipinski definition) is 3. The zero-order valence-corrected chi connectivity index (χ0v) is 19.2. The van der Waals surface area contributed by atoms with Crippen molar-refractivity contribution in [2.45, 2.75) is 12.5 Å². The van der Waals surface area contributed by atoms with Crippen molar-refractivity contribution in [1.82, 2.24) is 9.97 Å². The van der Waals surface area contributed by atoms with Crippen LogP contribution in [0.15, 0.2) is 36.7 Å². The predicted molar refractivity (Wildman–Crippen MR) is 122 cm³/mol. The molecule has 1 aromatic carbocycles. The van der Waals surface area contributed by atoms with Gasteiger partial charge in [0.25, 0.3) is 5.91 Å². The number of aromatic nitrogens is 2. The largest absolute Gasteiger partial charge is 0.480 e. The Morgan fingerprint density at radius 1 is 0.970 bits per heavy atom. The lowest BCUT2D eigenvalue weighted by molar-refractivity contribution is -0.137. The molecule has 0 aliphatic rings. The summed E-state index contributed by atoms with van der Waals surface area (Å²) in [6.45, 7) is 0. The van der Waals surface area contributed by atoms with Crippen LogP contribution in [0, 0.1) is 11.9 Å². The van der Waals surface area contributed by atoms with Crippen LogP contribution in [0.4, 0.5) is 20.2 Å². The van der Waals surface area contributed by atoms with E-state index >= 15 is 0 Å². The van der Waals surface area contributed by atoms with Crippen LogP contribution < -0.4 is 10.6 Å². The number of amides is 1. The molecule has 3 N–H and O–H groups in total. The van der Waals surface area contributed by atoms with Crippen molar-refractivity contribution in [2.24, 2.45) is 0 Å². The van der Waals surface area contributed by atoms with Gasteiger partial charge in [0.1, 0.15) is 16.1 Å². The first-order valence-corrected chi connectivity index (χ1v) is 10.5. The number of aliphatic carboxylic acids is 1. The number of carboxylic acids is 1. The summed E-state index contributed by atoms with van der Waals surface area (Å²) in [5, 5.41) is 13.5. The van der Waals surface area contributed by atoms with E-state index in [-0.39, 0.29) is 22.0 Å². The van der Waals surface area contributed by atoms with Gasteiger partial charge in [-0.25, -0.2) is 4.79 Å². The first kappa shape index (κ1) is 24.9. The number of carboxylic acid groups (broad SMARTS) is 1. The molecule has 0 fully saturated rings. The summed E-state index contributed by atoms with van der Waals surface area (Å²) in [5.74, 6) is -4.55. The quantitative estimate of drug-likeness (QED) is 0.334. The lowest BCUT2D eigenvalue weighted by atomic mass is 10.0. The number of anilines is 2. The molecule has 2 aromatic heterocycles. The first-order valence-electron chi connectivity index (χ1n) is 8.97. The zero-order chi connectivity index (χ0) is 24.3. The molecule has 0 radical (unpaired) electrons. The van der Waals surface area contributed by atoms with Gasteiger partial charge in [-0.1, -0.05) is 58.5 Å². The second-order valence-electron chi connectivity index (χ2n) is 6.56. The standard InChI is InChI=1S/C20H12Cl4F2N4O3/c21-10-6-27-7-11(22)13(10)19(31)28-9-3-1-8(2-4-9)5-12(20(32)33)29-16-14(23)17(25)30-18(26)15(16)24/h1-4,6-7,12H,5H2,(H,28,31)(H,29,30)(H,32,33). The first-order chi connectivity index (χ1) is 15.6. The van der Waals surface area contributed by atoms with Gasteiger partial charge in [0.2, 0.25) is 11.9 Å². The summed E-state index contributed by atoms with van der Waals surface area (Å²) in [6, 6.07) is 4.83. The van der Waals surface area contributed by atoms with Gasteiger partial charge in [0, 0.05) is 24.5 Å². The van der Waals surface area contributed by atoms with E-state index < -0.39 is 45.5 Å². The fourth-order valence-electron chi connectivity index (χ4n) is 2.77. The predicted octanol–water partition coefficient (Wildman–Crippen LogP) is 5.73. The highest BCUT2D eigenvalue weighted by Gasteiger charge is 2.24. The van der Waals surface area contributed by atoms with Crippen molar-refractivity contribution in [1.29, 1.82) is 0 Å². The average Bonchev–Trinajstić information content (AvgIpc) is 2.75. The molecular weight excluding hydrogens is 524 g/mol. The number of pyridine rings is 2. The Bertz CT molecular complexity index is 1180. The molecule has 0 saturated carbocycles. The SMILES string of the molecule is O=C(Nc1ccc(CC(Nc2c(Cl)c(F)nc(F)c2Cl)C(=O)O)cc1)c1c(Cl)cncc1Cl. The monoisotopic (exact) mass is 534 g/mol. The van der Waals surface area contributed by atoms with Crippen molar-refractivity contribution >= 4 is 69.7 Å². The van der Waals surface area contributed by atoms with Gasteiger partial charge >= 0.3 is 5.97 Å². The second kappa shape index (κ2) is 10.5. The van der Waals surface area contributed by atoms with Crippen molar-refractivity contribution in [3.8, 4) is 0 Å². The molecule has 3 rings (SSSR count). The molecular formula is C20H12Cl4F2N4O3. The summed E-state index contributed by atoms with van der Waals surface area (Å²) >= 11 is 23.5. The van der Waals surface area contributed by atoms with Crippen LogP contribution >= 0.6 is 46.4 Å². The highest BCUT2D eigenvalue weighted by molar-refractivity contribution is 6.40. The molecule has 1 atom stereocenters. The van der Waals surface area contributed by atoms with Crippen LogP contribution in [0.25, 0.3) is 0 Å². The molecule has 7 nitrogen and oxygen atoms in total. The summed E-state index contributed by atoms with van der Waals surface area (Å²) in [5.41, 5.74) is 0.538. The Morgan fingerprint density at radius 2 is 1.52 bits per heavy atom. The van der Waals surface area contributed by atoms with E-state index in [0.29, 0.717) is 11.3 Å². The van der Waals surface area contributed by atoms with E-state index in [0.717, 1.165) is 0 Å². The normalized spacial score (nSPS) is 11.7. The van der Waals surface area contributed by atoms with Crippen LogP contribution in [-0.4, -0.2) is 33.0 Å². The van der Waals surface area contributed by atoms with Gasteiger partial charge in [-0.2, -0.15) is 13.8 Å². The Balaban J connectivity index is 1.75. The number of halogens is 6. The van der Waals surface area contributed by atoms with Gasteiger partial charge in [-0.05, 0) is 17.7 Å². The molecule has 0 aliphatic carbocycles. The number of nitrogens with one attached hydrogen (secondary N) is 2. The van der Waals surface area contributed by atoms with Crippen LogP contribution in [0.5, 0.6) is 0 Å². The summed E-state index contributed by atoms with van der Waals surface area (Å²) in [4.78, 5) is 30.8. The third-order valence-electron chi connectivity index (χ3n) is 4.35. The molecule has 13 heteroatoms. The molecule has 33 heavy (non-hydrogen) atoms. The molecule has 0 spiro atoms. The number of hydrogen-bond acceptors (Lipinski definition) is 5. The number of carbonyl (C=O) groups excluding carboxylic acids is 1. The third-order valence-corrected chi connectivity index (χ3v) is 5.61. The molecule has 2 heterocycles. The second-order valence-corrected chi connectivity index (χ2v) is 8.14. The van der Waals surface area contributed by atoms with Crippen LogP contribution in [0.3, 0.4) is 0 Å². The number of rotatable bonds is 7. The van der Waals surface area contributed by atoms with Crippen molar-refractivity contribution in [2.75, 3.05) is 10.6 Å². The third kappa shape index (κ3) is 5.80. The Hall–Kier alpha value is -2.72. The minimum atomic E-state index is -1.34. The highest BCUT2D eigenvalue weighted by Crippen LogP contribution is 2.34. The lowest BCUT2D eigenvalue weighted by Gasteiger charge is -2.18. The van der Waals surface area contributed by atoms with Crippen LogP contribution in [0.2, 0.25) is 20.1 Å². The molecule has 0 aliphatic heterocycles. The highest BCUT2D eigenvalue weighted by atomic mass is 35.5. The fourth-order valence-corrected chi connectivity index (χ4v) is 3.74. The Labute approximate surface area is 205 Å². The number of carbonyl (C=O) groups is 2. The minimum absolute atomic E-state index is 0.0538. The summed E-state index contributed by atoms with van der Waals surface area (Å²) < 4.78 is 27.3. The maximum absolute atomic E-state index is 13.6. The maximum atomic E-state index is 13.6. The molecule has 172 valence electrons. The Morgan fingerprint density at radius 3 is 2.03 bits per heavy atom. The molecule has 1 amide bonds. The van der Waals surface area contributed by atoms with Crippen LogP contribution in [-0.2, 0) is 11.2 Å². The summed E-state index contributed by atoms with van der Waals surface area (Å²) in [7, 11) is 0. The van der Waals surface area contributed by atoms with Gasteiger partial charge in [-0.15, -0.1) is 0 Å². The van der Waals surface area contributed by atoms with Gasteiger partial charge in [-0.3, -0.25) is 9.78 Å². The molecule has 3 aromatic rings. The maximum Gasteiger partial charge on any atom is 0.326 e. The van der Waals surface area contributed by atoms with Crippen molar-refractivity contribution in [3.05, 3.63) is 79.8 Å². The molecule has 0 saturated heterocycles. The van der Waals surface area contributed by atoms with Crippen LogP contribution in [0.1, 0.15) is 15.9 Å². The number of nitrogens with zero attached hydrogens (tertiary/aromatic N) is 2. The average molecular weight is 536 g/mol.